The lowest BCUT2D eigenvalue weighted by atomic mass is 9.81. The van der Waals surface area contributed by atoms with Gasteiger partial charge in [-0.3, -0.25) is 4.90 Å². The number of H-pyrrole nitrogens is 2. The Kier molecular flexibility index (Phi) is 4.53. The van der Waals surface area contributed by atoms with Crippen LogP contribution < -0.4 is 4.90 Å². The second kappa shape index (κ2) is 7.51. The average Bonchev–Trinajstić information content (AvgIpc) is 3.46. The first-order chi connectivity index (χ1) is 14.9. The number of piperazine rings is 1. The van der Waals surface area contributed by atoms with Crippen LogP contribution in [0.25, 0.3) is 21.8 Å². The number of nitrogens with zero attached hydrogens (tertiary/aromatic N) is 2. The molecule has 1 saturated carbocycles. The van der Waals surface area contributed by atoms with Crippen molar-refractivity contribution in [3.05, 3.63) is 66.5 Å². The molecule has 0 unspecified atom stereocenters. The number of para-hydroxylation sites is 1. The van der Waals surface area contributed by atoms with Gasteiger partial charge in [0.1, 0.15) is 0 Å². The zero-order valence-corrected chi connectivity index (χ0v) is 17.5. The number of rotatable bonds is 3. The van der Waals surface area contributed by atoms with E-state index in [-0.39, 0.29) is 0 Å². The number of hydrogen-bond donors (Lipinski definition) is 2. The molecule has 2 aromatic carbocycles. The van der Waals surface area contributed by atoms with Crippen molar-refractivity contribution in [2.75, 3.05) is 31.1 Å². The molecule has 0 bridgehead atoms. The summed E-state index contributed by atoms with van der Waals surface area (Å²) in [6.07, 6.45) is 9.60. The smallest absolute Gasteiger partial charge is 0.0474 e. The van der Waals surface area contributed by atoms with Gasteiger partial charge >= 0.3 is 0 Å². The number of hydrogen-bond acceptors (Lipinski definition) is 2. The maximum Gasteiger partial charge on any atom is 0.0474 e. The van der Waals surface area contributed by atoms with Crippen LogP contribution in [0.4, 0.5) is 5.69 Å². The lowest BCUT2D eigenvalue weighted by Crippen LogP contribution is -2.51. The highest BCUT2D eigenvalue weighted by molar-refractivity contribution is 5.92. The van der Waals surface area contributed by atoms with Crippen LogP contribution in [0.3, 0.4) is 0 Å². The van der Waals surface area contributed by atoms with Crippen LogP contribution in [-0.4, -0.2) is 47.1 Å². The second-order valence-electron chi connectivity index (χ2n) is 9.03. The molecule has 2 N–H and O–H groups in total. The molecule has 0 amide bonds. The first-order valence-electron chi connectivity index (χ1n) is 11.5. The maximum absolute atomic E-state index is 3.47. The summed E-state index contributed by atoms with van der Waals surface area (Å²) in [6.45, 7) is 4.63. The fourth-order valence-corrected chi connectivity index (χ4v) is 5.86. The van der Waals surface area contributed by atoms with Crippen LogP contribution in [0.2, 0.25) is 0 Å². The molecular weight excluding hydrogens is 368 g/mol. The van der Waals surface area contributed by atoms with E-state index in [4.69, 9.17) is 0 Å². The summed E-state index contributed by atoms with van der Waals surface area (Å²) in [5.74, 6) is 0.713. The zero-order valence-electron chi connectivity index (χ0n) is 17.5. The summed E-state index contributed by atoms with van der Waals surface area (Å²) < 4.78 is 0. The molecule has 0 spiro atoms. The summed E-state index contributed by atoms with van der Waals surface area (Å²) in [4.78, 5) is 12.2. The van der Waals surface area contributed by atoms with Gasteiger partial charge in [0.25, 0.3) is 0 Å². The van der Waals surface area contributed by atoms with Crippen molar-refractivity contribution in [1.82, 2.24) is 14.9 Å². The Balaban J connectivity index is 1.09. The minimum Gasteiger partial charge on any atom is -0.368 e. The predicted molar refractivity (Wildman–Crippen MR) is 125 cm³/mol. The van der Waals surface area contributed by atoms with Gasteiger partial charge in [-0.1, -0.05) is 24.3 Å². The first kappa shape index (κ1) is 18.1. The molecule has 2 aromatic heterocycles. The lowest BCUT2D eigenvalue weighted by Gasteiger charge is -2.42. The molecule has 30 heavy (non-hydrogen) atoms. The van der Waals surface area contributed by atoms with Crippen LogP contribution in [0.1, 0.15) is 37.2 Å². The summed E-state index contributed by atoms with van der Waals surface area (Å²) in [7, 11) is 0. The molecule has 1 saturated heterocycles. The SMILES string of the molecule is c1cc(N2CCN([C@H]3CC[C@@H](c4c[nH]c5ccccc54)CC3)CC2)c2cc[nH]c2c1. The summed E-state index contributed by atoms with van der Waals surface area (Å²) in [6, 6.07) is 18.3. The molecule has 6 rings (SSSR count). The number of fused-ring (bicyclic) bond motifs is 2. The van der Waals surface area contributed by atoms with Crippen LogP contribution in [-0.2, 0) is 0 Å². The van der Waals surface area contributed by atoms with Crippen LogP contribution in [0, 0.1) is 0 Å². The molecular formula is C26H30N4. The molecule has 2 aliphatic rings. The van der Waals surface area contributed by atoms with E-state index in [2.05, 4.69) is 80.7 Å². The van der Waals surface area contributed by atoms with Crippen molar-refractivity contribution in [2.24, 2.45) is 0 Å². The van der Waals surface area contributed by atoms with Gasteiger partial charge in [-0.25, -0.2) is 0 Å². The van der Waals surface area contributed by atoms with E-state index >= 15 is 0 Å². The Labute approximate surface area is 177 Å². The highest BCUT2D eigenvalue weighted by Gasteiger charge is 2.30. The third-order valence-corrected chi connectivity index (χ3v) is 7.50. The number of aromatic amines is 2. The Bertz CT molecular complexity index is 1140. The third kappa shape index (κ3) is 3.10. The monoisotopic (exact) mass is 398 g/mol. The van der Waals surface area contributed by atoms with Gasteiger partial charge in [0.05, 0.1) is 0 Å². The van der Waals surface area contributed by atoms with Gasteiger partial charge in [-0.2, -0.15) is 0 Å². The number of benzene rings is 2. The second-order valence-corrected chi connectivity index (χ2v) is 9.03. The molecule has 0 atom stereocenters. The van der Waals surface area contributed by atoms with Gasteiger partial charge in [-0.05, 0) is 61.4 Å². The molecule has 1 aliphatic carbocycles. The van der Waals surface area contributed by atoms with Gasteiger partial charge in [0.2, 0.25) is 0 Å². The molecule has 154 valence electrons. The number of anilines is 1. The Hall–Kier alpha value is -2.72. The topological polar surface area (TPSA) is 38.1 Å². The Morgan fingerprint density at radius 2 is 1.47 bits per heavy atom. The first-order valence-corrected chi connectivity index (χ1v) is 11.5. The lowest BCUT2D eigenvalue weighted by molar-refractivity contribution is 0.141. The van der Waals surface area contributed by atoms with Crippen LogP contribution in [0.5, 0.6) is 0 Å². The molecule has 1 aliphatic heterocycles. The standard InChI is InChI=1S/C26H30N4/c1-2-5-24-21(4-1)23(18-28-24)19-8-10-20(11-9-19)29-14-16-30(17-15-29)26-7-3-6-25-22(26)12-13-27-25/h1-7,12-13,18-20,27-28H,8-11,14-17H2/t19-,20+. The normalized spacial score (nSPS) is 23.4. The summed E-state index contributed by atoms with van der Waals surface area (Å²) in [5, 5.41) is 2.78. The van der Waals surface area contributed by atoms with Gasteiger partial charge in [-0.15, -0.1) is 0 Å². The van der Waals surface area contributed by atoms with Crippen molar-refractivity contribution in [3.63, 3.8) is 0 Å². The number of nitrogens with one attached hydrogen (secondary N) is 2. The van der Waals surface area contributed by atoms with E-state index in [9.17, 15) is 0 Å². The molecule has 4 nitrogen and oxygen atoms in total. The van der Waals surface area contributed by atoms with E-state index in [1.807, 2.05) is 0 Å². The van der Waals surface area contributed by atoms with Crippen molar-refractivity contribution in [2.45, 2.75) is 37.6 Å². The third-order valence-electron chi connectivity index (χ3n) is 7.50. The van der Waals surface area contributed by atoms with E-state index < -0.39 is 0 Å². The minimum atomic E-state index is 0.713. The predicted octanol–water partition coefficient (Wildman–Crippen LogP) is 5.50. The van der Waals surface area contributed by atoms with Crippen molar-refractivity contribution < 1.29 is 0 Å². The van der Waals surface area contributed by atoms with E-state index in [1.54, 1.807) is 0 Å². The number of aromatic nitrogens is 2. The average molecular weight is 399 g/mol. The van der Waals surface area contributed by atoms with E-state index in [1.165, 1.54) is 71.8 Å². The summed E-state index contributed by atoms with van der Waals surface area (Å²) >= 11 is 0. The Morgan fingerprint density at radius 3 is 2.33 bits per heavy atom. The zero-order chi connectivity index (χ0) is 19.9. The maximum atomic E-state index is 3.47. The van der Waals surface area contributed by atoms with E-state index in [0.29, 0.717) is 5.92 Å². The fourth-order valence-electron chi connectivity index (χ4n) is 5.86. The minimum absolute atomic E-state index is 0.713. The molecule has 2 fully saturated rings. The summed E-state index contributed by atoms with van der Waals surface area (Å²) in [5.41, 5.74) is 5.44. The van der Waals surface area contributed by atoms with Crippen LogP contribution >= 0.6 is 0 Å². The molecule has 3 heterocycles. The molecule has 4 aromatic rings. The quantitative estimate of drug-likeness (QED) is 0.478. The highest BCUT2D eigenvalue weighted by Crippen LogP contribution is 2.38. The van der Waals surface area contributed by atoms with Crippen molar-refractivity contribution in [3.8, 4) is 0 Å². The molecule has 4 heteroatoms. The Morgan fingerprint density at radius 1 is 0.700 bits per heavy atom. The molecule has 0 radical (unpaired) electrons. The van der Waals surface area contributed by atoms with Gasteiger partial charge in [0, 0.05) is 72.1 Å². The van der Waals surface area contributed by atoms with E-state index in [0.717, 1.165) is 19.1 Å². The van der Waals surface area contributed by atoms with Crippen LogP contribution in [0.15, 0.2) is 60.9 Å². The van der Waals surface area contributed by atoms with Crippen molar-refractivity contribution in [1.29, 1.82) is 0 Å². The van der Waals surface area contributed by atoms with Gasteiger partial charge < -0.3 is 14.9 Å². The highest BCUT2D eigenvalue weighted by atomic mass is 15.3. The fraction of sp³-hybridized carbons (Fsp3) is 0.385. The van der Waals surface area contributed by atoms with Gasteiger partial charge in [0.15, 0.2) is 0 Å². The van der Waals surface area contributed by atoms with Crippen molar-refractivity contribution >= 4 is 27.5 Å². The largest absolute Gasteiger partial charge is 0.368 e.